The van der Waals surface area contributed by atoms with E-state index in [9.17, 15) is 19.2 Å². The molecule has 5 atom stereocenters. The van der Waals surface area contributed by atoms with E-state index in [2.05, 4.69) is 4.74 Å². The van der Waals surface area contributed by atoms with Gasteiger partial charge in [-0.05, 0) is 6.42 Å². The van der Waals surface area contributed by atoms with Crippen molar-refractivity contribution >= 4 is 23.9 Å². The third-order valence-electron chi connectivity index (χ3n) is 4.29. The molecule has 0 spiro atoms. The molecule has 19 heavy (non-hydrogen) atoms. The lowest BCUT2D eigenvalue weighted by Crippen LogP contribution is -2.49. The van der Waals surface area contributed by atoms with Crippen molar-refractivity contribution in [2.75, 3.05) is 0 Å². The fourth-order valence-corrected chi connectivity index (χ4v) is 3.53. The van der Waals surface area contributed by atoms with E-state index >= 15 is 0 Å². The number of hydrogen-bond donors (Lipinski definition) is 2. The zero-order chi connectivity index (χ0) is 13.9. The minimum atomic E-state index is -1.18. The van der Waals surface area contributed by atoms with E-state index in [0.29, 0.717) is 0 Å². The van der Waals surface area contributed by atoms with Crippen molar-refractivity contribution in [2.45, 2.75) is 6.42 Å². The van der Waals surface area contributed by atoms with Gasteiger partial charge in [-0.15, -0.1) is 0 Å². The van der Waals surface area contributed by atoms with Crippen LogP contribution in [0.5, 0.6) is 0 Å². The number of hydrogen-bond acceptors (Lipinski definition) is 5. The number of cyclic esters (lactones) is 2. The molecule has 100 valence electrons. The summed E-state index contributed by atoms with van der Waals surface area (Å²) in [5.74, 6) is -7.80. The molecule has 5 unspecified atom stereocenters. The summed E-state index contributed by atoms with van der Waals surface area (Å²) in [4.78, 5) is 45.6. The fourth-order valence-electron chi connectivity index (χ4n) is 3.53. The van der Waals surface area contributed by atoms with E-state index in [0.717, 1.165) is 0 Å². The molecule has 2 bridgehead atoms. The summed E-state index contributed by atoms with van der Waals surface area (Å²) in [7, 11) is 0. The fraction of sp³-hybridized carbons (Fsp3) is 0.500. The van der Waals surface area contributed by atoms with Gasteiger partial charge in [0.1, 0.15) is 0 Å². The molecule has 4 aliphatic rings. The van der Waals surface area contributed by atoms with Crippen LogP contribution >= 0.6 is 0 Å². The Morgan fingerprint density at radius 3 is 2.37 bits per heavy atom. The Morgan fingerprint density at radius 2 is 1.79 bits per heavy atom. The number of allylic oxidation sites excluding steroid dienone is 1. The Hall–Kier alpha value is -2.18. The molecule has 2 fully saturated rings. The van der Waals surface area contributed by atoms with Crippen molar-refractivity contribution in [1.82, 2.24) is 0 Å². The average molecular weight is 266 g/mol. The minimum Gasteiger partial charge on any atom is -0.481 e. The number of carboxylic acids is 2. The third-order valence-corrected chi connectivity index (χ3v) is 4.29. The second kappa shape index (κ2) is 3.66. The highest BCUT2D eigenvalue weighted by Gasteiger charge is 2.62. The molecule has 0 aromatic rings. The molecule has 1 saturated carbocycles. The molecule has 0 radical (unpaired) electrons. The SMILES string of the molecule is O=C(O)C1=CC2C(C(=O)O)CC1C1C(=O)OC(=O)C21. The van der Waals surface area contributed by atoms with Crippen LogP contribution in [0.1, 0.15) is 6.42 Å². The lowest BCUT2D eigenvalue weighted by atomic mass is 9.56. The number of esters is 2. The second-order valence-corrected chi connectivity index (χ2v) is 5.08. The van der Waals surface area contributed by atoms with Crippen LogP contribution < -0.4 is 0 Å². The first-order valence-corrected chi connectivity index (χ1v) is 5.85. The zero-order valence-corrected chi connectivity index (χ0v) is 9.61. The number of aliphatic carboxylic acids is 2. The van der Waals surface area contributed by atoms with Crippen LogP contribution in [-0.4, -0.2) is 34.1 Å². The zero-order valence-electron chi connectivity index (χ0n) is 9.61. The molecular weight excluding hydrogens is 256 g/mol. The first kappa shape index (κ1) is 11.9. The summed E-state index contributed by atoms with van der Waals surface area (Å²) < 4.78 is 4.55. The van der Waals surface area contributed by atoms with Crippen molar-refractivity contribution in [3.63, 3.8) is 0 Å². The van der Waals surface area contributed by atoms with Crippen LogP contribution in [0, 0.1) is 29.6 Å². The lowest BCUT2D eigenvalue weighted by molar-refractivity contribution is -0.154. The minimum absolute atomic E-state index is 0.0235. The summed E-state index contributed by atoms with van der Waals surface area (Å²) >= 11 is 0. The first-order valence-electron chi connectivity index (χ1n) is 5.85. The van der Waals surface area contributed by atoms with Crippen LogP contribution in [0.25, 0.3) is 0 Å². The number of ether oxygens (including phenoxy) is 1. The summed E-state index contributed by atoms with van der Waals surface area (Å²) in [6.07, 6.45) is 1.37. The van der Waals surface area contributed by atoms with Crippen LogP contribution in [0.3, 0.4) is 0 Å². The molecule has 7 heteroatoms. The van der Waals surface area contributed by atoms with E-state index in [-0.39, 0.29) is 12.0 Å². The smallest absolute Gasteiger partial charge is 0.331 e. The quantitative estimate of drug-likeness (QED) is 0.518. The number of carbonyl (C=O) groups is 4. The van der Waals surface area contributed by atoms with Crippen molar-refractivity contribution in [3.05, 3.63) is 11.6 Å². The van der Waals surface area contributed by atoms with Gasteiger partial charge in [0.15, 0.2) is 0 Å². The average Bonchev–Trinajstić information content (AvgIpc) is 2.66. The maximum atomic E-state index is 11.6. The lowest BCUT2D eigenvalue weighted by Gasteiger charge is -2.43. The maximum Gasteiger partial charge on any atom is 0.331 e. The molecule has 3 aliphatic carbocycles. The monoisotopic (exact) mass is 266 g/mol. The summed E-state index contributed by atoms with van der Waals surface area (Å²) in [6.45, 7) is 0. The van der Waals surface area contributed by atoms with Crippen LogP contribution in [0.15, 0.2) is 11.6 Å². The van der Waals surface area contributed by atoms with Crippen LogP contribution in [-0.2, 0) is 23.9 Å². The van der Waals surface area contributed by atoms with Gasteiger partial charge in [0.2, 0.25) is 0 Å². The number of carbonyl (C=O) groups excluding carboxylic acids is 2. The van der Waals surface area contributed by atoms with Gasteiger partial charge in [-0.1, -0.05) is 6.08 Å². The predicted octanol–water partition coefficient (Wildman–Crippen LogP) is -0.336. The Kier molecular flexibility index (Phi) is 2.29. The molecule has 0 aromatic heterocycles. The van der Waals surface area contributed by atoms with Gasteiger partial charge in [0.25, 0.3) is 0 Å². The Balaban J connectivity index is 2.10. The largest absolute Gasteiger partial charge is 0.481 e. The standard InChI is InChI=1S/C12H10O7/c13-9(14)5-1-3-6(10(15)16)2-4(5)8-7(3)11(17)19-12(8)18/h1,3-4,6-8H,2H2,(H,13,14)(H,15,16). The van der Waals surface area contributed by atoms with E-state index in [1.165, 1.54) is 6.08 Å². The predicted molar refractivity (Wildman–Crippen MR) is 56.5 cm³/mol. The first-order chi connectivity index (χ1) is 8.91. The summed E-state index contributed by atoms with van der Waals surface area (Å²) in [5.41, 5.74) is 0.0235. The van der Waals surface area contributed by atoms with Crippen molar-refractivity contribution in [2.24, 2.45) is 29.6 Å². The van der Waals surface area contributed by atoms with Crippen molar-refractivity contribution < 1.29 is 34.1 Å². The van der Waals surface area contributed by atoms with Crippen LogP contribution in [0.2, 0.25) is 0 Å². The third kappa shape index (κ3) is 1.44. The molecule has 1 heterocycles. The number of carboxylic acid groups (broad SMARTS) is 2. The molecule has 2 N–H and O–H groups in total. The highest BCUT2D eigenvalue weighted by atomic mass is 16.6. The van der Waals surface area contributed by atoms with E-state index < -0.39 is 53.5 Å². The highest BCUT2D eigenvalue weighted by molar-refractivity contribution is 6.00. The van der Waals surface area contributed by atoms with Gasteiger partial charge in [-0.2, -0.15) is 0 Å². The van der Waals surface area contributed by atoms with Gasteiger partial charge in [0.05, 0.1) is 17.8 Å². The normalized spacial score (nSPS) is 39.6. The second-order valence-electron chi connectivity index (χ2n) is 5.08. The Labute approximate surface area is 106 Å². The Morgan fingerprint density at radius 1 is 1.16 bits per heavy atom. The summed E-state index contributed by atoms with van der Waals surface area (Å²) in [6, 6.07) is 0. The molecule has 0 amide bonds. The van der Waals surface area contributed by atoms with Gasteiger partial charge in [0, 0.05) is 17.4 Å². The van der Waals surface area contributed by atoms with E-state index in [1.807, 2.05) is 0 Å². The van der Waals surface area contributed by atoms with Crippen LogP contribution in [0.4, 0.5) is 0 Å². The van der Waals surface area contributed by atoms with Gasteiger partial charge >= 0.3 is 23.9 Å². The van der Waals surface area contributed by atoms with Gasteiger partial charge in [-0.3, -0.25) is 14.4 Å². The topological polar surface area (TPSA) is 118 Å². The van der Waals surface area contributed by atoms with Gasteiger partial charge in [-0.25, -0.2) is 4.79 Å². The molecular formula is C12H10O7. The van der Waals surface area contributed by atoms with Gasteiger partial charge < -0.3 is 14.9 Å². The van der Waals surface area contributed by atoms with Crippen molar-refractivity contribution in [3.8, 4) is 0 Å². The molecule has 1 aliphatic heterocycles. The highest BCUT2D eigenvalue weighted by Crippen LogP contribution is 2.54. The Bertz CT molecular complexity index is 546. The van der Waals surface area contributed by atoms with Crippen molar-refractivity contribution in [1.29, 1.82) is 0 Å². The molecule has 7 nitrogen and oxygen atoms in total. The maximum absolute atomic E-state index is 11.6. The molecule has 0 aromatic carbocycles. The van der Waals surface area contributed by atoms with E-state index in [4.69, 9.17) is 10.2 Å². The number of rotatable bonds is 2. The molecule has 4 rings (SSSR count). The summed E-state index contributed by atoms with van der Waals surface area (Å²) in [5, 5.41) is 18.2. The van der Waals surface area contributed by atoms with E-state index in [1.54, 1.807) is 0 Å². The number of fused-ring (bicyclic) bond motifs is 1. The molecule has 1 saturated heterocycles.